The van der Waals surface area contributed by atoms with E-state index in [0.717, 1.165) is 29.9 Å². The van der Waals surface area contributed by atoms with E-state index in [9.17, 15) is 19.2 Å². The van der Waals surface area contributed by atoms with Crippen molar-refractivity contribution < 1.29 is 48.0 Å². The quantitative estimate of drug-likeness (QED) is 0.0215. The Kier molecular flexibility index (Phi) is 54.0. The number of nitrogens with one attached hydrogen (secondary N) is 4. The number of nitrogens with zero attached hydrogens (tertiary/aromatic N) is 3. The van der Waals surface area contributed by atoms with Crippen molar-refractivity contribution >= 4 is 35.5 Å². The predicted molar refractivity (Wildman–Crippen MR) is 283 cm³/mol. The van der Waals surface area contributed by atoms with E-state index in [1.165, 1.54) is 39.0 Å². The molecule has 70 heavy (non-hydrogen) atoms. The van der Waals surface area contributed by atoms with Gasteiger partial charge in [-0.2, -0.15) is 0 Å². The fraction of sp³-hybridized carbons (Fsp3) is 0.717. The second kappa shape index (κ2) is 52.4. The maximum atomic E-state index is 11.7. The van der Waals surface area contributed by atoms with Crippen LogP contribution in [-0.4, -0.2) is 116 Å². The minimum atomic E-state index is -0.208. The smallest absolute Gasteiger partial charge is 0.238 e. The summed E-state index contributed by atoms with van der Waals surface area (Å²) >= 11 is 0. The Morgan fingerprint density at radius 3 is 1.81 bits per heavy atom. The van der Waals surface area contributed by atoms with Crippen molar-refractivity contribution in [3.05, 3.63) is 53.9 Å². The van der Waals surface area contributed by atoms with Gasteiger partial charge < -0.3 is 44.8 Å². The van der Waals surface area contributed by atoms with Crippen LogP contribution in [0, 0.1) is 23.7 Å². The van der Waals surface area contributed by atoms with Gasteiger partial charge in [0.05, 0.1) is 78.8 Å². The van der Waals surface area contributed by atoms with E-state index in [4.69, 9.17) is 28.8 Å². The molecule has 0 aliphatic rings. The van der Waals surface area contributed by atoms with Crippen LogP contribution in [0.2, 0.25) is 0 Å². The van der Waals surface area contributed by atoms with Crippen LogP contribution in [0.5, 0.6) is 0 Å². The molecule has 406 valence electrons. The first-order valence-corrected chi connectivity index (χ1v) is 25.4. The average molecular weight is 994 g/mol. The van der Waals surface area contributed by atoms with E-state index in [-0.39, 0.29) is 54.7 Å². The second-order valence-electron chi connectivity index (χ2n) is 17.0. The fourth-order valence-electron chi connectivity index (χ4n) is 4.72. The average Bonchev–Trinajstić information content (AvgIpc) is 3.80. The second-order valence-corrected chi connectivity index (χ2v) is 17.0. The molecule has 0 aliphatic heterocycles. The lowest BCUT2D eigenvalue weighted by molar-refractivity contribution is -0.124. The molecule has 0 fully saturated rings. The maximum Gasteiger partial charge on any atom is 0.238 e. The van der Waals surface area contributed by atoms with Crippen molar-refractivity contribution in [3.8, 4) is 0 Å². The lowest BCUT2D eigenvalue weighted by Gasteiger charge is -2.17. The highest BCUT2D eigenvalue weighted by Gasteiger charge is 2.11. The number of amides is 3. The first-order chi connectivity index (χ1) is 33.4. The summed E-state index contributed by atoms with van der Waals surface area (Å²) in [5.41, 5.74) is 2.49. The number of rotatable bonds is 30. The lowest BCUT2D eigenvalue weighted by atomic mass is 10.0. The van der Waals surface area contributed by atoms with Gasteiger partial charge in [-0.1, -0.05) is 132 Å². The summed E-state index contributed by atoms with van der Waals surface area (Å²) in [6, 6.07) is 7.56. The third-order valence-electron chi connectivity index (χ3n) is 9.98. The fourth-order valence-corrected chi connectivity index (χ4v) is 4.72. The van der Waals surface area contributed by atoms with Gasteiger partial charge in [0, 0.05) is 37.1 Å². The summed E-state index contributed by atoms with van der Waals surface area (Å²) in [6.45, 7) is 32.4. The molecule has 5 N–H and O–H groups in total. The number of anilines is 1. The number of ether oxygens (including phenoxy) is 4. The topological polar surface area (TPSA) is 221 Å². The summed E-state index contributed by atoms with van der Waals surface area (Å²) < 4.78 is 23.0. The normalized spacial score (nSPS) is 11.6. The number of aromatic nitrogens is 3. The highest BCUT2D eigenvalue weighted by atomic mass is 16.5. The molecule has 1 heterocycles. The number of carbonyl (C=O) groups is 5. The number of hydrogen-bond acceptors (Lipinski definition) is 13. The van der Waals surface area contributed by atoms with Crippen molar-refractivity contribution in [3.63, 3.8) is 0 Å². The van der Waals surface area contributed by atoms with E-state index in [2.05, 4.69) is 80.0 Å². The van der Waals surface area contributed by atoms with Gasteiger partial charge in [-0.15, -0.1) is 5.10 Å². The molecule has 0 aliphatic carbocycles. The van der Waals surface area contributed by atoms with Crippen molar-refractivity contribution in [2.45, 2.75) is 168 Å². The molecule has 3 unspecified atom stereocenters. The van der Waals surface area contributed by atoms with Crippen molar-refractivity contribution in [2.24, 2.45) is 23.7 Å². The number of aldehydes is 1. The number of carbonyl (C=O) groups excluding carboxylic acids is 5. The van der Waals surface area contributed by atoms with Gasteiger partial charge in [-0.25, -0.2) is 4.68 Å². The van der Waals surface area contributed by atoms with Crippen LogP contribution in [0.4, 0.5) is 5.69 Å². The summed E-state index contributed by atoms with van der Waals surface area (Å²) in [6.07, 6.45) is 14.0. The molecule has 0 radical (unpaired) electrons. The van der Waals surface area contributed by atoms with Gasteiger partial charge in [-0.05, 0) is 62.8 Å². The molecular weight excluding hydrogens is 895 g/mol. The minimum absolute atomic E-state index is 0.00921. The molecule has 17 heteroatoms. The van der Waals surface area contributed by atoms with E-state index < -0.39 is 0 Å². The summed E-state index contributed by atoms with van der Waals surface area (Å²) in [5.74, 6) is 1.56. The Balaban J connectivity index is -0.000000460. The summed E-state index contributed by atoms with van der Waals surface area (Å²) in [7, 11) is 1.64. The number of ketones is 1. The molecule has 0 spiro atoms. The third-order valence-corrected chi connectivity index (χ3v) is 9.98. The van der Waals surface area contributed by atoms with Gasteiger partial charge in [-0.3, -0.25) is 24.5 Å². The SMILES string of the molecule is C/C=C\C(=O)C(C)CC.CC(C)C(=O)NCc1cn(CCOCCOCCOCCC(=O)NC(C)C(C)C)nn1.CC=O.CCCC.CCCC(C)CC.COCc1ccc(NC(=O)CNCO)cc1. The molecule has 0 bridgehead atoms. The Hall–Kier alpha value is -4.39. The van der Waals surface area contributed by atoms with Crippen molar-refractivity contribution in [1.29, 1.82) is 0 Å². The lowest BCUT2D eigenvalue weighted by Crippen LogP contribution is -2.36. The van der Waals surface area contributed by atoms with Gasteiger partial charge in [0.2, 0.25) is 17.7 Å². The number of methoxy groups -OCH3 is 1. The Morgan fingerprint density at radius 1 is 0.786 bits per heavy atom. The van der Waals surface area contributed by atoms with Crippen LogP contribution in [0.1, 0.15) is 153 Å². The van der Waals surface area contributed by atoms with Crippen molar-refractivity contribution in [1.82, 2.24) is 30.9 Å². The number of hydrogen-bond donors (Lipinski definition) is 5. The predicted octanol–water partition coefficient (Wildman–Crippen LogP) is 8.48. The highest BCUT2D eigenvalue weighted by Crippen LogP contribution is 2.10. The highest BCUT2D eigenvalue weighted by molar-refractivity contribution is 5.92. The van der Waals surface area contributed by atoms with E-state index in [0.29, 0.717) is 77.4 Å². The van der Waals surface area contributed by atoms with Crippen LogP contribution in [0.15, 0.2) is 42.6 Å². The summed E-state index contributed by atoms with van der Waals surface area (Å²) in [4.78, 5) is 54.2. The molecule has 3 atom stereocenters. The minimum Gasteiger partial charge on any atom is -0.381 e. The molecular formula is C53H99N7O10. The van der Waals surface area contributed by atoms with Gasteiger partial charge in [0.15, 0.2) is 5.78 Å². The number of unbranched alkanes of at least 4 members (excludes halogenated alkanes) is 1. The Bertz CT molecular complexity index is 1550. The van der Waals surface area contributed by atoms with Crippen LogP contribution in [-0.2, 0) is 62.6 Å². The third kappa shape index (κ3) is 48.6. The molecule has 2 rings (SSSR count). The zero-order chi connectivity index (χ0) is 54.0. The van der Waals surface area contributed by atoms with Gasteiger partial charge in [0.25, 0.3) is 0 Å². The molecule has 1 aromatic heterocycles. The van der Waals surface area contributed by atoms with E-state index >= 15 is 0 Å². The molecule has 0 saturated carbocycles. The molecule has 1 aromatic carbocycles. The van der Waals surface area contributed by atoms with Gasteiger partial charge >= 0.3 is 0 Å². The van der Waals surface area contributed by atoms with Crippen LogP contribution < -0.4 is 21.3 Å². The van der Waals surface area contributed by atoms with Gasteiger partial charge in [0.1, 0.15) is 12.0 Å². The van der Waals surface area contributed by atoms with Crippen LogP contribution >= 0.6 is 0 Å². The van der Waals surface area contributed by atoms with Crippen LogP contribution in [0.25, 0.3) is 0 Å². The first-order valence-electron chi connectivity index (χ1n) is 25.4. The zero-order valence-electron chi connectivity index (χ0n) is 46.2. The summed E-state index contributed by atoms with van der Waals surface area (Å²) in [5, 5.41) is 27.5. The maximum absolute atomic E-state index is 11.7. The molecule has 17 nitrogen and oxygen atoms in total. The monoisotopic (exact) mass is 994 g/mol. The number of aliphatic hydroxyl groups is 1. The van der Waals surface area contributed by atoms with Crippen molar-refractivity contribution in [2.75, 3.05) is 65.3 Å². The Labute approximate surface area is 423 Å². The largest absolute Gasteiger partial charge is 0.381 e. The van der Waals surface area contributed by atoms with E-state index in [1.54, 1.807) is 30.1 Å². The number of benzene rings is 1. The number of aliphatic hydroxyl groups excluding tert-OH is 1. The first kappa shape index (κ1) is 72.2. The Morgan fingerprint density at radius 2 is 1.36 bits per heavy atom. The zero-order valence-corrected chi connectivity index (χ0v) is 46.2. The van der Waals surface area contributed by atoms with E-state index in [1.807, 2.05) is 65.8 Å². The standard InChI is InChI=1S/C21H39N5O5.C11H16N2O3.C8H14O.C7H16.C4H10.C2H4O/c1-16(2)18(5)23-20(27)6-8-29-10-12-31-13-11-30-9-7-26-15-19(24-25-26)14-22-21(28)17(3)4;1-16-7-9-2-4-10(5-3-9)13-11(15)6-12-8-14;1-4-6-8(9)7(3)5-2;1-4-6-7(3)5-2;1-3-4-2;1-2-3/h15-18H,6-14H2,1-5H3,(H,22,28)(H,23,27);2-5,12,14H,6-8H2,1H3,(H,13,15);4,6-7H,5H2,1-3H3;7H,4-6H2,1-3H3;3-4H2,1-2H3;2H,1H3/b;;6-4-;;;. The van der Waals surface area contributed by atoms with Crippen LogP contribution in [0.3, 0.4) is 0 Å². The molecule has 0 saturated heterocycles. The molecule has 3 amide bonds. The number of allylic oxidation sites excluding steroid dienone is 2. The molecule has 2 aromatic rings.